The minimum Gasteiger partial charge on any atom is -0.436 e. The summed E-state index contributed by atoms with van der Waals surface area (Å²) in [7, 11) is 1.58. The van der Waals surface area contributed by atoms with Crippen LogP contribution in [0.4, 0.5) is 0 Å². The summed E-state index contributed by atoms with van der Waals surface area (Å²) in [6, 6.07) is 0. The fraction of sp³-hybridized carbons (Fsp3) is 0.857. The molecule has 66 valence electrons. The monoisotopic (exact) mass is 162 g/mol. The van der Waals surface area contributed by atoms with Gasteiger partial charge in [0.05, 0.1) is 13.2 Å². The van der Waals surface area contributed by atoms with Gasteiger partial charge >= 0.3 is 5.97 Å². The summed E-state index contributed by atoms with van der Waals surface area (Å²) in [5.41, 5.74) is 0. The Labute approximate surface area is 66.4 Å². The predicted molar refractivity (Wildman–Crippen MR) is 39.1 cm³/mol. The van der Waals surface area contributed by atoms with Crippen LogP contribution in [0.1, 0.15) is 13.8 Å². The van der Waals surface area contributed by atoms with Gasteiger partial charge in [0.1, 0.15) is 0 Å². The van der Waals surface area contributed by atoms with Crippen molar-refractivity contribution in [3.63, 3.8) is 0 Å². The second kappa shape index (κ2) is 6.12. The predicted octanol–water partition coefficient (Wildman–Crippen LogP) is 0.558. The molecule has 1 unspecified atom stereocenters. The van der Waals surface area contributed by atoms with E-state index in [1.54, 1.807) is 14.0 Å². The summed E-state index contributed by atoms with van der Waals surface area (Å²) >= 11 is 0. The Kier molecular flexibility index (Phi) is 5.78. The van der Waals surface area contributed by atoms with Crippen LogP contribution in [-0.2, 0) is 19.0 Å². The molecule has 0 amide bonds. The van der Waals surface area contributed by atoms with E-state index in [4.69, 9.17) is 9.47 Å². The minimum absolute atomic E-state index is 0.338. The SMILES string of the molecule is COCCOC(C)OC(C)=O. The van der Waals surface area contributed by atoms with E-state index < -0.39 is 6.29 Å². The number of hydrogen-bond donors (Lipinski definition) is 0. The van der Waals surface area contributed by atoms with E-state index in [1.165, 1.54) is 6.92 Å². The van der Waals surface area contributed by atoms with Crippen LogP contribution < -0.4 is 0 Å². The fourth-order valence-electron chi connectivity index (χ4n) is 0.565. The van der Waals surface area contributed by atoms with E-state index in [9.17, 15) is 4.79 Å². The van der Waals surface area contributed by atoms with E-state index in [2.05, 4.69) is 4.74 Å². The molecular formula is C7H14O4. The number of ether oxygens (including phenoxy) is 3. The molecular weight excluding hydrogens is 148 g/mol. The van der Waals surface area contributed by atoms with Crippen LogP contribution in [0.25, 0.3) is 0 Å². The average Bonchev–Trinajstić information content (AvgIpc) is 1.86. The lowest BCUT2D eigenvalue weighted by Crippen LogP contribution is -2.18. The average molecular weight is 162 g/mol. The molecule has 0 aliphatic rings. The van der Waals surface area contributed by atoms with Gasteiger partial charge in [-0.1, -0.05) is 0 Å². The Morgan fingerprint density at radius 2 is 2.09 bits per heavy atom. The molecule has 0 heterocycles. The maximum atomic E-state index is 10.4. The van der Waals surface area contributed by atoms with E-state index in [0.717, 1.165) is 0 Å². The Morgan fingerprint density at radius 1 is 1.45 bits per heavy atom. The molecule has 0 aromatic carbocycles. The first-order chi connectivity index (χ1) is 5.16. The van der Waals surface area contributed by atoms with E-state index in [0.29, 0.717) is 13.2 Å². The van der Waals surface area contributed by atoms with Crippen molar-refractivity contribution >= 4 is 5.97 Å². The second-order valence-electron chi connectivity index (χ2n) is 2.04. The first-order valence-electron chi connectivity index (χ1n) is 3.44. The van der Waals surface area contributed by atoms with Crippen molar-refractivity contribution in [1.29, 1.82) is 0 Å². The maximum Gasteiger partial charge on any atom is 0.304 e. The zero-order chi connectivity index (χ0) is 8.69. The molecule has 1 atom stereocenters. The van der Waals surface area contributed by atoms with Crippen LogP contribution >= 0.6 is 0 Å². The molecule has 0 bridgehead atoms. The second-order valence-corrected chi connectivity index (χ2v) is 2.04. The van der Waals surface area contributed by atoms with Gasteiger partial charge in [0.25, 0.3) is 0 Å². The van der Waals surface area contributed by atoms with Crippen molar-refractivity contribution in [3.05, 3.63) is 0 Å². The molecule has 0 radical (unpaired) electrons. The van der Waals surface area contributed by atoms with Crippen molar-refractivity contribution in [2.75, 3.05) is 20.3 Å². The lowest BCUT2D eigenvalue weighted by Gasteiger charge is -2.11. The van der Waals surface area contributed by atoms with E-state index in [1.807, 2.05) is 0 Å². The Bertz CT molecular complexity index is 113. The van der Waals surface area contributed by atoms with Crippen LogP contribution in [0.15, 0.2) is 0 Å². The molecule has 0 aromatic rings. The van der Waals surface area contributed by atoms with Gasteiger partial charge in [-0.05, 0) is 6.92 Å². The molecule has 0 aliphatic carbocycles. The van der Waals surface area contributed by atoms with Gasteiger partial charge in [0, 0.05) is 14.0 Å². The molecule has 4 heteroatoms. The van der Waals surface area contributed by atoms with Gasteiger partial charge in [0.2, 0.25) is 0 Å². The number of hydrogen-bond acceptors (Lipinski definition) is 4. The third-order valence-electron chi connectivity index (χ3n) is 0.972. The zero-order valence-corrected chi connectivity index (χ0v) is 7.12. The maximum absolute atomic E-state index is 10.4. The lowest BCUT2D eigenvalue weighted by molar-refractivity contribution is -0.173. The summed E-state index contributed by atoms with van der Waals surface area (Å²) < 4.78 is 14.4. The Hall–Kier alpha value is -0.610. The Morgan fingerprint density at radius 3 is 2.55 bits per heavy atom. The van der Waals surface area contributed by atoms with Crippen LogP contribution in [-0.4, -0.2) is 32.6 Å². The molecule has 0 aliphatic heterocycles. The highest BCUT2D eigenvalue weighted by Crippen LogP contribution is 1.92. The molecule has 0 aromatic heterocycles. The molecule has 0 saturated heterocycles. The van der Waals surface area contributed by atoms with Crippen LogP contribution in [0.2, 0.25) is 0 Å². The smallest absolute Gasteiger partial charge is 0.304 e. The van der Waals surface area contributed by atoms with E-state index >= 15 is 0 Å². The summed E-state index contributed by atoms with van der Waals surface area (Å²) in [5, 5.41) is 0. The van der Waals surface area contributed by atoms with Crippen LogP contribution in [0.5, 0.6) is 0 Å². The van der Waals surface area contributed by atoms with Crippen LogP contribution in [0, 0.1) is 0 Å². The van der Waals surface area contributed by atoms with E-state index in [-0.39, 0.29) is 5.97 Å². The Balaban J connectivity index is 3.22. The molecule has 11 heavy (non-hydrogen) atoms. The number of carbonyl (C=O) groups is 1. The van der Waals surface area contributed by atoms with Gasteiger partial charge in [-0.15, -0.1) is 0 Å². The van der Waals surface area contributed by atoms with Gasteiger partial charge in [-0.25, -0.2) is 0 Å². The fourth-order valence-corrected chi connectivity index (χ4v) is 0.565. The lowest BCUT2D eigenvalue weighted by atomic mass is 10.7. The highest BCUT2D eigenvalue weighted by molar-refractivity contribution is 5.65. The standard InChI is InChI=1S/C7H14O4/c1-6(8)11-7(2)10-5-4-9-3/h7H,4-5H2,1-3H3. The molecule has 4 nitrogen and oxygen atoms in total. The molecule has 0 spiro atoms. The molecule has 0 saturated carbocycles. The van der Waals surface area contributed by atoms with Gasteiger partial charge in [-0.3, -0.25) is 4.79 Å². The van der Waals surface area contributed by atoms with Crippen molar-refractivity contribution in [2.45, 2.75) is 20.1 Å². The first kappa shape index (κ1) is 10.4. The number of carbonyl (C=O) groups excluding carboxylic acids is 1. The number of rotatable bonds is 5. The largest absolute Gasteiger partial charge is 0.436 e. The normalized spacial score (nSPS) is 12.6. The summed E-state index contributed by atoms with van der Waals surface area (Å²) in [6.45, 7) is 3.95. The van der Waals surface area contributed by atoms with Gasteiger partial charge in [-0.2, -0.15) is 0 Å². The highest BCUT2D eigenvalue weighted by Gasteiger charge is 2.03. The number of methoxy groups -OCH3 is 1. The molecule has 0 rings (SSSR count). The summed E-state index contributed by atoms with van der Waals surface area (Å²) in [5.74, 6) is -0.338. The van der Waals surface area contributed by atoms with Crippen LogP contribution in [0.3, 0.4) is 0 Å². The van der Waals surface area contributed by atoms with Crippen molar-refractivity contribution < 1.29 is 19.0 Å². The first-order valence-corrected chi connectivity index (χ1v) is 3.44. The van der Waals surface area contributed by atoms with Crippen molar-refractivity contribution in [3.8, 4) is 0 Å². The summed E-state index contributed by atoms with van der Waals surface area (Å²) in [6.07, 6.45) is -0.484. The molecule has 0 fully saturated rings. The van der Waals surface area contributed by atoms with Crippen molar-refractivity contribution in [1.82, 2.24) is 0 Å². The minimum atomic E-state index is -0.484. The van der Waals surface area contributed by atoms with Gasteiger partial charge in [0.15, 0.2) is 6.29 Å². The third kappa shape index (κ3) is 7.29. The zero-order valence-electron chi connectivity index (χ0n) is 7.12. The third-order valence-corrected chi connectivity index (χ3v) is 0.972. The highest BCUT2D eigenvalue weighted by atomic mass is 16.7. The quantitative estimate of drug-likeness (QED) is 0.336. The van der Waals surface area contributed by atoms with Gasteiger partial charge < -0.3 is 14.2 Å². The molecule has 0 N–H and O–H groups in total. The number of esters is 1. The topological polar surface area (TPSA) is 44.8 Å². The summed E-state index contributed by atoms with van der Waals surface area (Å²) in [4.78, 5) is 10.4. The van der Waals surface area contributed by atoms with Crippen molar-refractivity contribution in [2.24, 2.45) is 0 Å².